The van der Waals surface area contributed by atoms with E-state index in [1.807, 2.05) is 0 Å². The number of H-pyrrole nitrogens is 1. The average Bonchev–Trinajstić information content (AvgIpc) is 2.13. The van der Waals surface area contributed by atoms with Gasteiger partial charge in [0.25, 0.3) is 0 Å². The molecular weight excluding hydrogens is 196 g/mol. The lowest BCUT2D eigenvalue weighted by atomic mass is 10.5. The van der Waals surface area contributed by atoms with Gasteiger partial charge in [0.15, 0.2) is 5.15 Å². The predicted octanol–water partition coefficient (Wildman–Crippen LogP) is -1.17. The summed E-state index contributed by atoms with van der Waals surface area (Å²) >= 11 is 5.42. The Kier molecular flexibility index (Phi) is 2.83. The van der Waals surface area contributed by atoms with Crippen molar-refractivity contribution in [2.24, 2.45) is 16.6 Å². The van der Waals surface area contributed by atoms with Gasteiger partial charge in [-0.3, -0.25) is 15.3 Å². The fourth-order valence-corrected chi connectivity index (χ4v) is 0.763. The van der Waals surface area contributed by atoms with Gasteiger partial charge in [-0.05, 0) is 0 Å². The van der Waals surface area contributed by atoms with Crippen LogP contribution < -0.4 is 22.4 Å². The van der Waals surface area contributed by atoms with Crippen molar-refractivity contribution in [3.8, 4) is 0 Å². The maximum absolute atomic E-state index is 11.2. The van der Waals surface area contributed by atoms with E-state index in [4.69, 9.17) is 23.2 Å². The maximum Gasteiger partial charge on any atom is 0.244 e. The lowest BCUT2D eigenvalue weighted by Gasteiger charge is -1.97. The third kappa shape index (κ3) is 2.17. The minimum Gasteiger partial charge on any atom is -0.369 e. The molecule has 1 aromatic rings. The normalized spacial score (nSPS) is 11.4. The quantitative estimate of drug-likeness (QED) is 0.198. The van der Waals surface area contributed by atoms with Gasteiger partial charge in [-0.1, -0.05) is 11.6 Å². The van der Waals surface area contributed by atoms with Crippen molar-refractivity contribution in [2.45, 2.75) is 0 Å². The number of halogens is 1. The zero-order chi connectivity index (χ0) is 9.84. The summed E-state index contributed by atoms with van der Waals surface area (Å²) in [5.74, 6) is 4.85. The Morgan fingerprint density at radius 1 is 1.77 bits per heavy atom. The monoisotopic (exact) mass is 202 g/mol. The molecule has 70 valence electrons. The Hall–Kier alpha value is -1.60. The third-order valence-electron chi connectivity index (χ3n) is 1.17. The van der Waals surface area contributed by atoms with Crippen molar-refractivity contribution in [1.82, 2.24) is 15.6 Å². The van der Waals surface area contributed by atoms with Crippen molar-refractivity contribution in [3.05, 3.63) is 21.6 Å². The maximum atomic E-state index is 11.2. The second-order valence-corrected chi connectivity index (χ2v) is 2.39. The van der Waals surface area contributed by atoms with Crippen molar-refractivity contribution < 1.29 is 0 Å². The van der Waals surface area contributed by atoms with Crippen LogP contribution in [0.5, 0.6) is 0 Å². The van der Waals surface area contributed by atoms with E-state index in [1.54, 1.807) is 0 Å². The van der Waals surface area contributed by atoms with Gasteiger partial charge in [0.05, 0.1) is 6.20 Å². The smallest absolute Gasteiger partial charge is 0.244 e. The molecule has 0 unspecified atom stereocenters. The van der Waals surface area contributed by atoms with Crippen LogP contribution in [-0.4, -0.2) is 16.2 Å². The summed E-state index contributed by atoms with van der Waals surface area (Å²) in [7, 11) is 0. The van der Waals surface area contributed by atoms with Crippen LogP contribution in [0.4, 0.5) is 5.69 Å². The topological polar surface area (TPSA) is 122 Å². The number of hydrazine groups is 1. The molecule has 1 rings (SSSR count). The van der Waals surface area contributed by atoms with Gasteiger partial charge in [-0.15, -0.1) is 0 Å². The highest BCUT2D eigenvalue weighted by Crippen LogP contribution is 2.04. The van der Waals surface area contributed by atoms with Crippen LogP contribution in [-0.2, 0) is 0 Å². The van der Waals surface area contributed by atoms with Crippen molar-refractivity contribution in [2.75, 3.05) is 0 Å². The molecule has 0 spiro atoms. The highest BCUT2D eigenvalue weighted by atomic mass is 35.5. The molecule has 1 aromatic heterocycles. The van der Waals surface area contributed by atoms with Crippen LogP contribution in [0.15, 0.2) is 16.0 Å². The molecule has 8 heteroatoms. The van der Waals surface area contributed by atoms with Crippen molar-refractivity contribution >= 4 is 23.2 Å². The van der Waals surface area contributed by atoms with Gasteiger partial charge in [-0.25, -0.2) is 10.8 Å². The number of nitrogens with zero attached hydrogens (tertiary/aromatic N) is 2. The lowest BCUT2D eigenvalue weighted by Crippen LogP contribution is -2.37. The van der Waals surface area contributed by atoms with Gasteiger partial charge in [0, 0.05) is 0 Å². The lowest BCUT2D eigenvalue weighted by molar-refractivity contribution is 0.991. The van der Waals surface area contributed by atoms with Gasteiger partial charge in [0.2, 0.25) is 11.4 Å². The average molecular weight is 203 g/mol. The number of hydrogen-bond donors (Lipinski definition) is 4. The first-order valence-corrected chi connectivity index (χ1v) is 3.57. The van der Waals surface area contributed by atoms with Gasteiger partial charge in [-0.2, -0.15) is 5.10 Å². The SMILES string of the molecule is NNC(N)=Nc1c[nH]nc(Cl)c1=O. The zero-order valence-electron chi connectivity index (χ0n) is 6.41. The molecule has 0 aliphatic heterocycles. The number of guanidine groups is 1. The second-order valence-electron chi connectivity index (χ2n) is 2.03. The number of rotatable bonds is 1. The minimum atomic E-state index is -0.515. The van der Waals surface area contributed by atoms with Crippen LogP contribution in [0.2, 0.25) is 5.15 Å². The van der Waals surface area contributed by atoms with Crippen LogP contribution >= 0.6 is 11.6 Å². The molecule has 13 heavy (non-hydrogen) atoms. The standard InChI is InChI=1S/C5H7ClN6O/c6-4-3(13)2(1-9-12-4)10-5(7)11-8/h1H,8H2,(H,9,13)(H3,7,10,11,12). The van der Waals surface area contributed by atoms with Gasteiger partial charge < -0.3 is 5.73 Å². The summed E-state index contributed by atoms with van der Waals surface area (Å²) in [4.78, 5) is 14.8. The van der Waals surface area contributed by atoms with Crippen LogP contribution in [0.25, 0.3) is 0 Å². The van der Waals surface area contributed by atoms with E-state index in [1.165, 1.54) is 6.20 Å². The molecule has 0 saturated heterocycles. The number of nitrogens with two attached hydrogens (primary N) is 2. The largest absolute Gasteiger partial charge is 0.369 e. The summed E-state index contributed by atoms with van der Waals surface area (Å²) < 4.78 is 0. The van der Waals surface area contributed by atoms with Crippen LogP contribution in [0.1, 0.15) is 0 Å². The molecular formula is C5H7ClN6O. The molecule has 0 saturated carbocycles. The molecule has 0 aromatic carbocycles. The van der Waals surface area contributed by atoms with E-state index in [9.17, 15) is 4.79 Å². The van der Waals surface area contributed by atoms with E-state index < -0.39 is 5.43 Å². The summed E-state index contributed by atoms with van der Waals surface area (Å²) in [6.07, 6.45) is 1.26. The first-order valence-electron chi connectivity index (χ1n) is 3.19. The summed E-state index contributed by atoms with van der Waals surface area (Å²) in [6.45, 7) is 0. The predicted molar refractivity (Wildman–Crippen MR) is 48.5 cm³/mol. The van der Waals surface area contributed by atoms with Gasteiger partial charge >= 0.3 is 0 Å². The molecule has 6 N–H and O–H groups in total. The Bertz CT molecular complexity index is 385. The Labute approximate surface area is 77.8 Å². The summed E-state index contributed by atoms with van der Waals surface area (Å²) in [6, 6.07) is 0. The highest BCUT2D eigenvalue weighted by Gasteiger charge is 2.03. The van der Waals surface area contributed by atoms with Crippen LogP contribution in [0, 0.1) is 0 Å². The Morgan fingerprint density at radius 3 is 3.08 bits per heavy atom. The second kappa shape index (κ2) is 3.87. The number of hydrogen-bond acceptors (Lipinski definition) is 4. The molecule has 0 aliphatic rings. The fourth-order valence-electron chi connectivity index (χ4n) is 0.617. The first-order chi connectivity index (χ1) is 6.15. The molecule has 0 bridgehead atoms. The van der Waals surface area contributed by atoms with E-state index in [0.29, 0.717) is 0 Å². The molecule has 1 heterocycles. The molecule has 0 radical (unpaired) electrons. The van der Waals surface area contributed by atoms with Crippen molar-refractivity contribution in [1.29, 1.82) is 0 Å². The number of nitrogens with one attached hydrogen (secondary N) is 2. The molecule has 0 amide bonds. The zero-order valence-corrected chi connectivity index (χ0v) is 7.17. The molecule has 7 nitrogen and oxygen atoms in total. The molecule has 0 aliphatic carbocycles. The number of aliphatic imine (C=N–C) groups is 1. The fraction of sp³-hybridized carbons (Fsp3) is 0. The Morgan fingerprint density at radius 2 is 2.46 bits per heavy atom. The van der Waals surface area contributed by atoms with Gasteiger partial charge in [0.1, 0.15) is 5.69 Å². The minimum absolute atomic E-state index is 0.0375. The van der Waals surface area contributed by atoms with E-state index >= 15 is 0 Å². The third-order valence-corrected chi connectivity index (χ3v) is 1.43. The van der Waals surface area contributed by atoms with Crippen molar-refractivity contribution in [3.63, 3.8) is 0 Å². The van der Waals surface area contributed by atoms with Crippen LogP contribution in [0.3, 0.4) is 0 Å². The Balaban J connectivity index is 3.17. The summed E-state index contributed by atoms with van der Waals surface area (Å²) in [5, 5.41) is 5.62. The molecule has 0 atom stereocenters. The van der Waals surface area contributed by atoms with E-state index in [0.717, 1.165) is 0 Å². The van der Waals surface area contributed by atoms with E-state index in [2.05, 4.69) is 20.6 Å². The summed E-state index contributed by atoms with van der Waals surface area (Å²) in [5.41, 5.74) is 6.82. The first kappa shape index (κ1) is 9.49. The van der Waals surface area contributed by atoms with E-state index in [-0.39, 0.29) is 16.8 Å². The number of aromatic nitrogens is 2. The highest BCUT2D eigenvalue weighted by molar-refractivity contribution is 6.29. The number of aromatic amines is 1. The molecule has 0 fully saturated rings.